The van der Waals surface area contributed by atoms with Crippen LogP contribution < -0.4 is 15.4 Å². The lowest BCUT2D eigenvalue weighted by atomic mass is 10.2. The van der Waals surface area contributed by atoms with Gasteiger partial charge >= 0.3 is 0 Å². The van der Waals surface area contributed by atoms with E-state index in [1.54, 1.807) is 12.4 Å². The van der Waals surface area contributed by atoms with E-state index in [1.807, 2.05) is 49.4 Å². The SMILES string of the molecule is CCOc1ccc(Nc2cc(-c3cccnc3)nc(NCCO)n2)cc1. The highest BCUT2D eigenvalue weighted by molar-refractivity contribution is 5.67. The maximum absolute atomic E-state index is 9.03. The summed E-state index contributed by atoms with van der Waals surface area (Å²) in [7, 11) is 0. The van der Waals surface area contributed by atoms with Gasteiger partial charge in [-0.15, -0.1) is 0 Å². The van der Waals surface area contributed by atoms with E-state index in [9.17, 15) is 0 Å². The zero-order chi connectivity index (χ0) is 18.2. The average molecular weight is 351 g/mol. The first-order chi connectivity index (χ1) is 12.8. The van der Waals surface area contributed by atoms with Crippen molar-refractivity contribution in [3.8, 4) is 17.0 Å². The Morgan fingerprint density at radius 1 is 1.12 bits per heavy atom. The van der Waals surface area contributed by atoms with Crippen LogP contribution in [0, 0.1) is 0 Å². The molecule has 0 saturated heterocycles. The minimum atomic E-state index is 0.00212. The Bertz CT molecular complexity index is 825. The molecule has 0 aliphatic carbocycles. The van der Waals surface area contributed by atoms with Crippen LogP contribution in [0.15, 0.2) is 54.9 Å². The van der Waals surface area contributed by atoms with E-state index in [0.29, 0.717) is 24.9 Å². The Hall–Kier alpha value is -3.19. The average Bonchev–Trinajstić information content (AvgIpc) is 2.69. The zero-order valence-corrected chi connectivity index (χ0v) is 14.5. The number of aromatic nitrogens is 3. The second kappa shape index (κ2) is 8.77. The Balaban J connectivity index is 1.87. The van der Waals surface area contributed by atoms with Gasteiger partial charge in [-0.05, 0) is 43.3 Å². The van der Waals surface area contributed by atoms with Gasteiger partial charge in [-0.25, -0.2) is 4.98 Å². The first-order valence-corrected chi connectivity index (χ1v) is 8.42. The van der Waals surface area contributed by atoms with Crippen LogP contribution in [0.5, 0.6) is 5.75 Å². The quantitative estimate of drug-likeness (QED) is 0.574. The molecule has 3 rings (SSSR count). The molecule has 1 aromatic carbocycles. The number of ether oxygens (including phenoxy) is 1. The number of nitrogens with zero attached hydrogens (tertiary/aromatic N) is 3. The number of pyridine rings is 1. The standard InChI is InChI=1S/C19H21N5O2/c1-2-26-16-7-5-15(6-8-16)22-18-12-17(14-4-3-9-20-13-14)23-19(24-18)21-10-11-25/h3-9,12-13,25H,2,10-11H2,1H3,(H2,21,22,23,24). The summed E-state index contributed by atoms with van der Waals surface area (Å²) < 4.78 is 5.46. The third-order valence-electron chi connectivity index (χ3n) is 3.52. The molecule has 0 amide bonds. The van der Waals surface area contributed by atoms with Crippen molar-refractivity contribution in [3.63, 3.8) is 0 Å². The first-order valence-electron chi connectivity index (χ1n) is 8.42. The van der Waals surface area contributed by atoms with Crippen LogP contribution in [0.3, 0.4) is 0 Å². The van der Waals surface area contributed by atoms with Crippen LogP contribution in [0.2, 0.25) is 0 Å². The maximum Gasteiger partial charge on any atom is 0.225 e. The summed E-state index contributed by atoms with van der Waals surface area (Å²) in [6.45, 7) is 2.96. The zero-order valence-electron chi connectivity index (χ0n) is 14.5. The van der Waals surface area contributed by atoms with E-state index in [4.69, 9.17) is 9.84 Å². The normalized spacial score (nSPS) is 10.4. The van der Waals surface area contributed by atoms with E-state index in [1.165, 1.54) is 0 Å². The molecule has 0 bridgehead atoms. The molecular weight excluding hydrogens is 330 g/mol. The van der Waals surface area contributed by atoms with Gasteiger partial charge in [0.1, 0.15) is 11.6 Å². The summed E-state index contributed by atoms with van der Waals surface area (Å²) >= 11 is 0. The van der Waals surface area contributed by atoms with E-state index < -0.39 is 0 Å². The molecule has 3 N–H and O–H groups in total. The molecule has 0 radical (unpaired) electrons. The van der Waals surface area contributed by atoms with Crippen molar-refractivity contribution in [2.45, 2.75) is 6.92 Å². The van der Waals surface area contributed by atoms with Crippen molar-refractivity contribution in [2.75, 3.05) is 30.4 Å². The van der Waals surface area contributed by atoms with E-state index in [0.717, 1.165) is 22.7 Å². The predicted molar refractivity (Wildman–Crippen MR) is 102 cm³/mol. The third-order valence-corrected chi connectivity index (χ3v) is 3.52. The molecule has 0 saturated carbocycles. The summed E-state index contributed by atoms with van der Waals surface area (Å²) in [6, 6.07) is 13.3. The number of aliphatic hydroxyl groups is 1. The number of rotatable bonds is 8. The number of hydrogen-bond donors (Lipinski definition) is 3. The molecule has 2 heterocycles. The topological polar surface area (TPSA) is 92.2 Å². The van der Waals surface area contributed by atoms with Gasteiger partial charge in [-0.2, -0.15) is 4.98 Å². The van der Waals surface area contributed by atoms with Crippen molar-refractivity contribution in [1.29, 1.82) is 0 Å². The fourth-order valence-electron chi connectivity index (χ4n) is 2.37. The Kier molecular flexibility index (Phi) is 5.95. The van der Waals surface area contributed by atoms with Crippen LogP contribution >= 0.6 is 0 Å². The number of anilines is 3. The fraction of sp³-hybridized carbons (Fsp3) is 0.211. The molecule has 0 aliphatic heterocycles. The molecular formula is C19H21N5O2. The summed E-state index contributed by atoms with van der Waals surface area (Å²) in [5.74, 6) is 1.90. The molecule has 134 valence electrons. The van der Waals surface area contributed by atoms with Crippen molar-refractivity contribution < 1.29 is 9.84 Å². The Morgan fingerprint density at radius 2 is 1.96 bits per heavy atom. The van der Waals surface area contributed by atoms with Crippen LogP contribution in [0.1, 0.15) is 6.92 Å². The monoisotopic (exact) mass is 351 g/mol. The van der Waals surface area contributed by atoms with Crippen LogP contribution in [0.25, 0.3) is 11.3 Å². The molecule has 3 aromatic rings. The molecule has 7 heteroatoms. The molecule has 0 spiro atoms. The Morgan fingerprint density at radius 3 is 2.65 bits per heavy atom. The van der Waals surface area contributed by atoms with Gasteiger partial charge in [-0.1, -0.05) is 0 Å². The van der Waals surface area contributed by atoms with Crippen molar-refractivity contribution in [2.24, 2.45) is 0 Å². The van der Waals surface area contributed by atoms with Gasteiger partial charge in [0, 0.05) is 36.3 Å². The largest absolute Gasteiger partial charge is 0.494 e. The summed E-state index contributed by atoms with van der Waals surface area (Å²) in [5, 5.41) is 15.3. The van der Waals surface area contributed by atoms with Crippen molar-refractivity contribution in [3.05, 3.63) is 54.9 Å². The van der Waals surface area contributed by atoms with Gasteiger partial charge < -0.3 is 20.5 Å². The van der Waals surface area contributed by atoms with Crippen LogP contribution in [-0.2, 0) is 0 Å². The lowest BCUT2D eigenvalue weighted by Crippen LogP contribution is -2.10. The molecule has 2 aromatic heterocycles. The highest BCUT2D eigenvalue weighted by atomic mass is 16.5. The molecule has 26 heavy (non-hydrogen) atoms. The molecule has 7 nitrogen and oxygen atoms in total. The van der Waals surface area contributed by atoms with Crippen molar-refractivity contribution in [1.82, 2.24) is 15.0 Å². The van der Waals surface area contributed by atoms with Crippen LogP contribution in [-0.4, -0.2) is 39.8 Å². The van der Waals surface area contributed by atoms with Crippen molar-refractivity contribution >= 4 is 17.5 Å². The smallest absolute Gasteiger partial charge is 0.225 e. The maximum atomic E-state index is 9.03. The lowest BCUT2D eigenvalue weighted by molar-refractivity contribution is 0.311. The third kappa shape index (κ3) is 4.67. The van der Waals surface area contributed by atoms with Gasteiger partial charge in [0.05, 0.1) is 18.9 Å². The number of hydrogen-bond acceptors (Lipinski definition) is 7. The molecule has 0 fully saturated rings. The number of nitrogens with one attached hydrogen (secondary N) is 2. The highest BCUT2D eigenvalue weighted by Crippen LogP contribution is 2.24. The van der Waals surface area contributed by atoms with Gasteiger partial charge in [0.2, 0.25) is 5.95 Å². The second-order valence-electron chi connectivity index (χ2n) is 5.44. The summed E-state index contributed by atoms with van der Waals surface area (Å²) in [4.78, 5) is 13.1. The second-order valence-corrected chi connectivity index (χ2v) is 5.44. The predicted octanol–water partition coefficient (Wildman–Crippen LogP) is 3.09. The van der Waals surface area contributed by atoms with Gasteiger partial charge in [0.25, 0.3) is 0 Å². The van der Waals surface area contributed by atoms with Crippen LogP contribution in [0.4, 0.5) is 17.5 Å². The fourth-order valence-corrected chi connectivity index (χ4v) is 2.37. The summed E-state index contributed by atoms with van der Waals surface area (Å²) in [6.07, 6.45) is 3.47. The molecule has 0 atom stereocenters. The summed E-state index contributed by atoms with van der Waals surface area (Å²) in [5.41, 5.74) is 2.51. The first kappa shape index (κ1) is 17.6. The lowest BCUT2D eigenvalue weighted by Gasteiger charge is -2.11. The molecule has 0 unspecified atom stereocenters. The molecule has 0 aliphatic rings. The van der Waals surface area contributed by atoms with Gasteiger partial charge in [0.15, 0.2) is 0 Å². The minimum Gasteiger partial charge on any atom is -0.494 e. The number of benzene rings is 1. The highest BCUT2D eigenvalue weighted by Gasteiger charge is 2.07. The van der Waals surface area contributed by atoms with E-state index >= 15 is 0 Å². The van der Waals surface area contributed by atoms with Gasteiger partial charge in [-0.3, -0.25) is 4.98 Å². The van der Waals surface area contributed by atoms with E-state index in [-0.39, 0.29) is 6.61 Å². The van der Waals surface area contributed by atoms with E-state index in [2.05, 4.69) is 25.6 Å². The minimum absolute atomic E-state index is 0.00212. The Labute approximate surface area is 152 Å². The number of aliphatic hydroxyl groups excluding tert-OH is 1.